The highest BCUT2D eigenvalue weighted by atomic mass is 16.6. The lowest BCUT2D eigenvalue weighted by Crippen LogP contribution is -2.30. The van der Waals surface area contributed by atoms with Crippen molar-refractivity contribution >= 4 is 11.9 Å². The highest BCUT2D eigenvalue weighted by Crippen LogP contribution is 2.10. The average Bonchev–Trinajstić information content (AvgIpc) is 3.25. The van der Waals surface area contributed by atoms with E-state index in [0.29, 0.717) is 19.4 Å². The van der Waals surface area contributed by atoms with Gasteiger partial charge in [-0.05, 0) is 116 Å². The molecule has 0 fully saturated rings. The molecule has 0 spiro atoms. The summed E-state index contributed by atoms with van der Waals surface area (Å²) in [6.45, 7) is 7.38. The van der Waals surface area contributed by atoms with E-state index < -0.39 is 6.10 Å². The van der Waals surface area contributed by atoms with Gasteiger partial charge < -0.3 is 14.2 Å². The van der Waals surface area contributed by atoms with Gasteiger partial charge in [-0.1, -0.05) is 181 Å². The fraction of sp³-hybridized carbons (Fsp3) is 0.600. The molecule has 0 aromatic rings. The zero-order valence-electron chi connectivity index (χ0n) is 38.7. The van der Waals surface area contributed by atoms with Crippen LogP contribution in [0.1, 0.15) is 188 Å². The molecule has 338 valence electrons. The summed E-state index contributed by atoms with van der Waals surface area (Å²) in [6.07, 6.45) is 69.3. The van der Waals surface area contributed by atoms with Crippen LogP contribution in [0.2, 0.25) is 0 Å². The summed E-state index contributed by atoms with van der Waals surface area (Å²) >= 11 is 0. The van der Waals surface area contributed by atoms with E-state index in [1.807, 2.05) is 6.08 Å². The van der Waals surface area contributed by atoms with E-state index in [4.69, 9.17) is 14.2 Å². The number of allylic oxidation sites excluding steroid dienone is 20. The maximum absolute atomic E-state index is 12.7. The maximum atomic E-state index is 12.7. The standard InChI is InChI=1S/C55H88O5/c1-4-7-10-13-16-19-22-25-27-29-32-35-38-41-44-47-50-58-51-53(60-55(57)49-46-43-40-37-34-30-24-21-18-15-12-9-6-3)52-59-54(56)48-45-42-39-36-33-31-28-26-23-20-17-14-11-8-5-2/h7,9-10,12,16-21,25-28,30,32,34-35,40,43,53H,4-6,8,11,13-15,22-24,29,31,33,36-39,41-42,44-52H2,1-3H3/b10-7-,12-9-,19-16-,20-17-,21-18-,27-25-,28-26-,34-30-,35-32-,43-40-. The largest absolute Gasteiger partial charge is 0.462 e. The van der Waals surface area contributed by atoms with E-state index in [1.54, 1.807) is 0 Å². The molecule has 0 heterocycles. The molecule has 0 aliphatic carbocycles. The van der Waals surface area contributed by atoms with Gasteiger partial charge in [0.05, 0.1) is 6.61 Å². The zero-order valence-corrected chi connectivity index (χ0v) is 38.7. The molecule has 0 aromatic carbocycles. The number of esters is 2. The second kappa shape index (κ2) is 49.7. The molecule has 0 radical (unpaired) electrons. The van der Waals surface area contributed by atoms with Crippen LogP contribution in [0.4, 0.5) is 0 Å². The van der Waals surface area contributed by atoms with Gasteiger partial charge in [0.15, 0.2) is 6.10 Å². The van der Waals surface area contributed by atoms with Crippen LogP contribution in [-0.2, 0) is 23.8 Å². The first-order chi connectivity index (χ1) is 29.6. The van der Waals surface area contributed by atoms with Crippen LogP contribution in [-0.4, -0.2) is 37.9 Å². The Bertz CT molecular complexity index is 1260. The van der Waals surface area contributed by atoms with Crippen LogP contribution in [0, 0.1) is 0 Å². The second-order valence-electron chi connectivity index (χ2n) is 15.2. The first-order valence-electron chi connectivity index (χ1n) is 24.1. The lowest BCUT2D eigenvalue weighted by Gasteiger charge is -2.18. The van der Waals surface area contributed by atoms with E-state index >= 15 is 0 Å². The molecule has 0 aromatic heterocycles. The molecule has 0 saturated carbocycles. The Labute approximate surface area is 369 Å². The van der Waals surface area contributed by atoms with Gasteiger partial charge in [-0.3, -0.25) is 9.59 Å². The molecule has 0 aliphatic heterocycles. The summed E-state index contributed by atoms with van der Waals surface area (Å²) in [4.78, 5) is 25.3. The number of hydrogen-bond acceptors (Lipinski definition) is 5. The van der Waals surface area contributed by atoms with Gasteiger partial charge in [-0.2, -0.15) is 0 Å². The minimum Gasteiger partial charge on any atom is -0.462 e. The Kier molecular flexibility index (Phi) is 46.6. The molecule has 1 atom stereocenters. The van der Waals surface area contributed by atoms with Crippen molar-refractivity contribution in [2.45, 2.75) is 194 Å². The third-order valence-electron chi connectivity index (χ3n) is 9.48. The average molecular weight is 829 g/mol. The van der Waals surface area contributed by atoms with Crippen molar-refractivity contribution < 1.29 is 23.8 Å². The molecule has 5 nitrogen and oxygen atoms in total. The zero-order chi connectivity index (χ0) is 43.5. The van der Waals surface area contributed by atoms with Crippen LogP contribution in [0.3, 0.4) is 0 Å². The molecule has 5 heteroatoms. The van der Waals surface area contributed by atoms with Crippen molar-refractivity contribution in [1.29, 1.82) is 0 Å². The molecule has 0 saturated heterocycles. The Morgan fingerprint density at radius 3 is 1.27 bits per heavy atom. The smallest absolute Gasteiger partial charge is 0.306 e. The van der Waals surface area contributed by atoms with Crippen molar-refractivity contribution in [3.63, 3.8) is 0 Å². The van der Waals surface area contributed by atoms with Crippen LogP contribution in [0.5, 0.6) is 0 Å². The summed E-state index contributed by atoms with van der Waals surface area (Å²) in [5, 5.41) is 0. The maximum Gasteiger partial charge on any atom is 0.306 e. The molecule has 60 heavy (non-hydrogen) atoms. The van der Waals surface area contributed by atoms with E-state index in [0.717, 1.165) is 109 Å². The summed E-state index contributed by atoms with van der Waals surface area (Å²) in [5.74, 6) is -0.536. The number of ether oxygens (including phenoxy) is 3. The molecular weight excluding hydrogens is 741 g/mol. The number of hydrogen-bond donors (Lipinski definition) is 0. The number of rotatable bonds is 42. The van der Waals surface area contributed by atoms with Gasteiger partial charge in [-0.25, -0.2) is 0 Å². The van der Waals surface area contributed by atoms with E-state index in [1.165, 1.54) is 38.5 Å². The Morgan fingerprint density at radius 1 is 0.383 bits per heavy atom. The summed E-state index contributed by atoms with van der Waals surface area (Å²) in [6, 6.07) is 0. The van der Waals surface area contributed by atoms with E-state index in [9.17, 15) is 9.59 Å². The van der Waals surface area contributed by atoms with Gasteiger partial charge in [0.2, 0.25) is 0 Å². The first kappa shape index (κ1) is 56.3. The quantitative estimate of drug-likeness (QED) is 0.0348. The van der Waals surface area contributed by atoms with Crippen molar-refractivity contribution in [2.24, 2.45) is 0 Å². The normalized spacial score (nSPS) is 13.3. The molecule has 0 bridgehead atoms. The Balaban J connectivity index is 4.47. The molecule has 0 N–H and O–H groups in total. The third kappa shape index (κ3) is 47.0. The fourth-order valence-electron chi connectivity index (χ4n) is 5.95. The summed E-state index contributed by atoms with van der Waals surface area (Å²) < 4.78 is 17.2. The molecule has 0 amide bonds. The predicted molar refractivity (Wildman–Crippen MR) is 260 cm³/mol. The van der Waals surface area contributed by atoms with Crippen molar-refractivity contribution in [3.8, 4) is 0 Å². The molecular formula is C55H88O5. The minimum absolute atomic E-state index is 0.0284. The summed E-state index contributed by atoms with van der Waals surface area (Å²) in [7, 11) is 0. The van der Waals surface area contributed by atoms with Crippen molar-refractivity contribution in [1.82, 2.24) is 0 Å². The van der Waals surface area contributed by atoms with Gasteiger partial charge in [-0.15, -0.1) is 0 Å². The minimum atomic E-state index is -0.604. The van der Waals surface area contributed by atoms with Gasteiger partial charge >= 0.3 is 11.9 Å². The van der Waals surface area contributed by atoms with Crippen LogP contribution >= 0.6 is 0 Å². The monoisotopic (exact) mass is 829 g/mol. The number of unbranched alkanes of at least 4 members (excludes halogenated alkanes) is 11. The highest BCUT2D eigenvalue weighted by molar-refractivity contribution is 5.70. The van der Waals surface area contributed by atoms with Crippen molar-refractivity contribution in [3.05, 3.63) is 122 Å². The lowest BCUT2D eigenvalue weighted by molar-refractivity contribution is -0.162. The van der Waals surface area contributed by atoms with Crippen molar-refractivity contribution in [2.75, 3.05) is 19.8 Å². The third-order valence-corrected chi connectivity index (χ3v) is 9.48. The molecule has 0 aliphatic rings. The molecule has 1 unspecified atom stereocenters. The SMILES string of the molecule is CC/C=C\C/C=C\C/C=C\C/C=C\CCCCCOCC(COC(=O)CCCCCCC/C=C\C/C=C\CCCCC)OC(=O)CC/C=C\C/C=C\C/C=C\C/C=C\CC. The fourth-order valence-corrected chi connectivity index (χ4v) is 5.95. The predicted octanol–water partition coefficient (Wildman–Crippen LogP) is 16.2. The van der Waals surface area contributed by atoms with Gasteiger partial charge in [0, 0.05) is 19.4 Å². The Morgan fingerprint density at radius 2 is 0.783 bits per heavy atom. The topological polar surface area (TPSA) is 61.8 Å². The summed E-state index contributed by atoms with van der Waals surface area (Å²) in [5.41, 5.74) is 0. The molecule has 0 rings (SSSR count). The number of carbonyl (C=O) groups is 2. The van der Waals surface area contributed by atoms with E-state index in [-0.39, 0.29) is 31.6 Å². The lowest BCUT2D eigenvalue weighted by atomic mass is 10.1. The first-order valence-corrected chi connectivity index (χ1v) is 24.1. The van der Waals surface area contributed by atoms with Crippen LogP contribution in [0.15, 0.2) is 122 Å². The second-order valence-corrected chi connectivity index (χ2v) is 15.2. The van der Waals surface area contributed by atoms with Gasteiger partial charge in [0.25, 0.3) is 0 Å². The van der Waals surface area contributed by atoms with E-state index in [2.05, 4.69) is 136 Å². The van der Waals surface area contributed by atoms with Gasteiger partial charge in [0.1, 0.15) is 6.61 Å². The number of carbonyl (C=O) groups excluding carboxylic acids is 2. The Hall–Kier alpha value is -3.70. The van der Waals surface area contributed by atoms with Crippen LogP contribution in [0.25, 0.3) is 0 Å². The van der Waals surface area contributed by atoms with Crippen LogP contribution < -0.4 is 0 Å². The highest BCUT2D eigenvalue weighted by Gasteiger charge is 2.17.